The Morgan fingerprint density at radius 1 is 1.41 bits per heavy atom. The molecule has 0 atom stereocenters. The van der Waals surface area contributed by atoms with Gasteiger partial charge >= 0.3 is 0 Å². The Kier molecular flexibility index (Phi) is 6.22. The Morgan fingerprint density at radius 3 is 2.88 bits per heavy atom. The van der Waals surface area contributed by atoms with Crippen LogP contribution in [0.1, 0.15) is 25.3 Å². The zero-order valence-electron chi connectivity index (χ0n) is 10.3. The second-order valence-electron chi connectivity index (χ2n) is 3.89. The molecule has 0 radical (unpaired) electrons. The van der Waals surface area contributed by atoms with Gasteiger partial charge in [-0.05, 0) is 47.0 Å². The third-order valence-electron chi connectivity index (χ3n) is 2.22. The molecule has 3 nitrogen and oxygen atoms in total. The smallest absolute Gasteiger partial charge is 0.226 e. The van der Waals surface area contributed by atoms with Crippen LogP contribution in [0.2, 0.25) is 0 Å². The van der Waals surface area contributed by atoms with Gasteiger partial charge in [-0.1, -0.05) is 13.0 Å². The minimum Gasteiger partial charge on any atom is -0.381 e. The van der Waals surface area contributed by atoms with Crippen LogP contribution in [0, 0.1) is 6.92 Å². The summed E-state index contributed by atoms with van der Waals surface area (Å²) in [7, 11) is 0. The summed E-state index contributed by atoms with van der Waals surface area (Å²) in [5, 5.41) is 2.86. The number of nitrogens with one attached hydrogen (secondary N) is 1. The average molecular weight is 300 g/mol. The quantitative estimate of drug-likeness (QED) is 0.816. The van der Waals surface area contributed by atoms with Gasteiger partial charge in [-0.2, -0.15) is 0 Å². The Hall–Kier alpha value is -0.870. The summed E-state index contributed by atoms with van der Waals surface area (Å²) in [5.74, 6) is -0.0209. The van der Waals surface area contributed by atoms with E-state index in [9.17, 15) is 4.79 Å². The lowest BCUT2D eigenvalue weighted by Crippen LogP contribution is -2.14. The number of carbonyl (C=O) groups excluding carboxylic acids is 1. The Balaban J connectivity index is 2.42. The van der Waals surface area contributed by atoms with Crippen molar-refractivity contribution in [2.45, 2.75) is 26.7 Å². The van der Waals surface area contributed by atoms with Crippen LogP contribution >= 0.6 is 15.9 Å². The van der Waals surface area contributed by atoms with E-state index in [-0.39, 0.29) is 5.91 Å². The molecule has 0 aliphatic rings. The van der Waals surface area contributed by atoms with Crippen molar-refractivity contribution in [2.75, 3.05) is 18.5 Å². The van der Waals surface area contributed by atoms with Gasteiger partial charge < -0.3 is 10.1 Å². The number of halogens is 1. The van der Waals surface area contributed by atoms with Gasteiger partial charge in [0.05, 0.1) is 18.7 Å². The third kappa shape index (κ3) is 5.33. The number of rotatable bonds is 6. The zero-order valence-corrected chi connectivity index (χ0v) is 11.8. The second kappa shape index (κ2) is 7.45. The number of hydrogen-bond donors (Lipinski definition) is 1. The monoisotopic (exact) mass is 299 g/mol. The molecule has 94 valence electrons. The molecule has 1 aromatic carbocycles. The van der Waals surface area contributed by atoms with Crippen LogP contribution in [0.5, 0.6) is 0 Å². The number of anilines is 1. The fourth-order valence-corrected chi connectivity index (χ4v) is 1.70. The molecule has 1 aromatic rings. The molecule has 0 aliphatic carbocycles. The normalized spacial score (nSPS) is 10.3. The van der Waals surface area contributed by atoms with Crippen LogP contribution in [0.15, 0.2) is 22.7 Å². The molecule has 1 amide bonds. The molecule has 1 N–H and O–H groups in total. The first-order valence-electron chi connectivity index (χ1n) is 5.77. The summed E-state index contributed by atoms with van der Waals surface area (Å²) in [5.41, 5.74) is 1.93. The lowest BCUT2D eigenvalue weighted by molar-refractivity contribution is -0.117. The molecule has 4 heteroatoms. The number of benzene rings is 1. The van der Waals surface area contributed by atoms with Crippen molar-refractivity contribution in [2.24, 2.45) is 0 Å². The number of carbonyl (C=O) groups is 1. The van der Waals surface area contributed by atoms with E-state index in [1.165, 1.54) is 0 Å². The molecular formula is C13H18BrNO2. The highest BCUT2D eigenvalue weighted by molar-refractivity contribution is 9.10. The van der Waals surface area contributed by atoms with E-state index < -0.39 is 0 Å². The summed E-state index contributed by atoms with van der Waals surface area (Å²) in [6.45, 7) is 5.22. The van der Waals surface area contributed by atoms with E-state index in [1.54, 1.807) is 0 Å². The zero-order chi connectivity index (χ0) is 12.7. The first-order chi connectivity index (χ1) is 8.13. The van der Waals surface area contributed by atoms with Crippen LogP contribution in [0.4, 0.5) is 5.69 Å². The highest BCUT2D eigenvalue weighted by Gasteiger charge is 2.05. The summed E-state index contributed by atoms with van der Waals surface area (Å²) in [4.78, 5) is 11.6. The predicted octanol–water partition coefficient (Wildman–Crippen LogP) is 3.51. The summed E-state index contributed by atoms with van der Waals surface area (Å²) < 4.78 is 6.17. The molecule has 0 saturated carbocycles. The SMILES string of the molecule is CCCOCCC(=O)Nc1cc(C)ccc1Br. The van der Waals surface area contributed by atoms with Crippen molar-refractivity contribution < 1.29 is 9.53 Å². The molecule has 17 heavy (non-hydrogen) atoms. The summed E-state index contributed by atoms with van der Waals surface area (Å²) in [6.07, 6.45) is 1.37. The maximum Gasteiger partial charge on any atom is 0.226 e. The van der Waals surface area contributed by atoms with E-state index in [0.717, 1.165) is 22.1 Å². The molecule has 0 heterocycles. The molecule has 0 bridgehead atoms. The highest BCUT2D eigenvalue weighted by atomic mass is 79.9. The number of aryl methyl sites for hydroxylation is 1. The van der Waals surface area contributed by atoms with Gasteiger partial charge in [0.1, 0.15) is 0 Å². The van der Waals surface area contributed by atoms with Crippen molar-refractivity contribution in [1.82, 2.24) is 0 Å². The Morgan fingerprint density at radius 2 is 2.18 bits per heavy atom. The van der Waals surface area contributed by atoms with Crippen molar-refractivity contribution in [3.8, 4) is 0 Å². The fraction of sp³-hybridized carbons (Fsp3) is 0.462. The lowest BCUT2D eigenvalue weighted by Gasteiger charge is -2.08. The van der Waals surface area contributed by atoms with Gasteiger partial charge in [0, 0.05) is 11.1 Å². The predicted molar refractivity (Wildman–Crippen MR) is 73.2 cm³/mol. The molecule has 0 aliphatic heterocycles. The van der Waals surface area contributed by atoms with Gasteiger partial charge in [0.15, 0.2) is 0 Å². The number of amides is 1. The van der Waals surface area contributed by atoms with Crippen LogP contribution in [-0.2, 0) is 9.53 Å². The molecule has 0 fully saturated rings. The van der Waals surface area contributed by atoms with E-state index >= 15 is 0 Å². The van der Waals surface area contributed by atoms with Crippen molar-refractivity contribution in [3.63, 3.8) is 0 Å². The van der Waals surface area contributed by atoms with Crippen molar-refractivity contribution in [1.29, 1.82) is 0 Å². The van der Waals surface area contributed by atoms with E-state index in [1.807, 2.05) is 32.0 Å². The van der Waals surface area contributed by atoms with E-state index in [0.29, 0.717) is 19.6 Å². The molecule has 0 saturated heterocycles. The lowest BCUT2D eigenvalue weighted by atomic mass is 10.2. The highest BCUT2D eigenvalue weighted by Crippen LogP contribution is 2.23. The molecular weight excluding hydrogens is 282 g/mol. The van der Waals surface area contributed by atoms with Gasteiger partial charge in [-0.15, -0.1) is 0 Å². The average Bonchev–Trinajstić information content (AvgIpc) is 2.29. The maximum atomic E-state index is 11.6. The minimum atomic E-state index is -0.0209. The van der Waals surface area contributed by atoms with E-state index in [2.05, 4.69) is 21.2 Å². The second-order valence-corrected chi connectivity index (χ2v) is 4.75. The fourth-order valence-electron chi connectivity index (χ4n) is 1.36. The number of hydrogen-bond acceptors (Lipinski definition) is 2. The van der Waals surface area contributed by atoms with Gasteiger partial charge in [0.2, 0.25) is 5.91 Å². The van der Waals surface area contributed by atoms with E-state index in [4.69, 9.17) is 4.74 Å². The molecule has 0 spiro atoms. The largest absolute Gasteiger partial charge is 0.381 e. The van der Waals surface area contributed by atoms with Crippen LogP contribution in [0.25, 0.3) is 0 Å². The number of ether oxygens (including phenoxy) is 1. The first kappa shape index (κ1) is 14.2. The third-order valence-corrected chi connectivity index (χ3v) is 2.91. The van der Waals surface area contributed by atoms with Crippen molar-refractivity contribution in [3.05, 3.63) is 28.2 Å². The van der Waals surface area contributed by atoms with Crippen molar-refractivity contribution >= 4 is 27.5 Å². The van der Waals surface area contributed by atoms with Gasteiger partial charge in [0.25, 0.3) is 0 Å². The molecule has 0 unspecified atom stereocenters. The van der Waals surface area contributed by atoms with Crippen LogP contribution in [-0.4, -0.2) is 19.1 Å². The topological polar surface area (TPSA) is 38.3 Å². The molecule has 0 aromatic heterocycles. The van der Waals surface area contributed by atoms with Gasteiger partial charge in [-0.25, -0.2) is 0 Å². The maximum absolute atomic E-state index is 11.6. The summed E-state index contributed by atoms with van der Waals surface area (Å²) >= 11 is 3.41. The standard InChI is InChI=1S/C13H18BrNO2/c1-3-7-17-8-6-13(16)15-12-9-10(2)4-5-11(12)14/h4-5,9H,3,6-8H2,1-2H3,(H,15,16). The van der Waals surface area contributed by atoms with Crippen LogP contribution < -0.4 is 5.32 Å². The first-order valence-corrected chi connectivity index (χ1v) is 6.56. The Bertz CT molecular complexity index is 380. The van der Waals surface area contributed by atoms with Gasteiger partial charge in [-0.3, -0.25) is 4.79 Å². The minimum absolute atomic E-state index is 0.0209. The Labute approximate surface area is 111 Å². The summed E-state index contributed by atoms with van der Waals surface area (Å²) in [6, 6.07) is 5.86. The van der Waals surface area contributed by atoms with Crippen LogP contribution in [0.3, 0.4) is 0 Å². The molecule has 1 rings (SSSR count).